The standard InChI is InChI=1S/C10H13FN2O3/c1-7(5-12)6-16-10-3-2-8(11)4-9(10)13(14)15/h2-4,7H,5-6,12H2,1H3. The van der Waals surface area contributed by atoms with Gasteiger partial charge < -0.3 is 10.5 Å². The van der Waals surface area contributed by atoms with Crippen LogP contribution < -0.4 is 10.5 Å². The van der Waals surface area contributed by atoms with Gasteiger partial charge in [0, 0.05) is 5.92 Å². The highest BCUT2D eigenvalue weighted by Crippen LogP contribution is 2.27. The van der Waals surface area contributed by atoms with Crippen molar-refractivity contribution in [3.05, 3.63) is 34.1 Å². The highest BCUT2D eigenvalue weighted by Gasteiger charge is 2.16. The molecule has 0 aliphatic rings. The fourth-order valence-corrected chi connectivity index (χ4v) is 1.06. The van der Waals surface area contributed by atoms with Gasteiger partial charge in [0.25, 0.3) is 0 Å². The minimum absolute atomic E-state index is 0.0618. The zero-order valence-corrected chi connectivity index (χ0v) is 8.85. The van der Waals surface area contributed by atoms with E-state index in [9.17, 15) is 14.5 Å². The van der Waals surface area contributed by atoms with Gasteiger partial charge in [-0.25, -0.2) is 4.39 Å². The summed E-state index contributed by atoms with van der Waals surface area (Å²) in [6.07, 6.45) is 0. The lowest BCUT2D eigenvalue weighted by Crippen LogP contribution is -2.18. The summed E-state index contributed by atoms with van der Waals surface area (Å²) in [5.41, 5.74) is 5.01. The molecule has 1 atom stereocenters. The van der Waals surface area contributed by atoms with Gasteiger partial charge in [0.1, 0.15) is 5.82 Å². The number of hydrogen-bond donors (Lipinski definition) is 1. The van der Waals surface area contributed by atoms with Crippen LogP contribution >= 0.6 is 0 Å². The van der Waals surface area contributed by atoms with Crippen molar-refractivity contribution in [1.82, 2.24) is 0 Å². The first-order valence-corrected chi connectivity index (χ1v) is 4.81. The predicted molar refractivity (Wildman–Crippen MR) is 56.8 cm³/mol. The summed E-state index contributed by atoms with van der Waals surface area (Å²) in [6, 6.07) is 3.20. The van der Waals surface area contributed by atoms with E-state index in [0.29, 0.717) is 6.54 Å². The number of benzene rings is 1. The Morgan fingerprint density at radius 2 is 2.31 bits per heavy atom. The Labute approximate surface area is 92.2 Å². The van der Waals surface area contributed by atoms with E-state index in [0.717, 1.165) is 12.1 Å². The fraction of sp³-hybridized carbons (Fsp3) is 0.400. The molecule has 16 heavy (non-hydrogen) atoms. The molecule has 0 amide bonds. The van der Waals surface area contributed by atoms with Crippen molar-refractivity contribution >= 4 is 5.69 Å². The van der Waals surface area contributed by atoms with E-state index in [1.807, 2.05) is 6.92 Å². The third-order valence-electron chi connectivity index (χ3n) is 2.04. The molecule has 5 nitrogen and oxygen atoms in total. The van der Waals surface area contributed by atoms with Gasteiger partial charge in [-0.3, -0.25) is 10.1 Å². The SMILES string of the molecule is CC(CN)COc1ccc(F)cc1[N+](=O)[O-]. The van der Waals surface area contributed by atoms with E-state index in [-0.39, 0.29) is 24.0 Å². The largest absolute Gasteiger partial charge is 0.486 e. The van der Waals surface area contributed by atoms with Crippen molar-refractivity contribution in [2.75, 3.05) is 13.2 Å². The molecule has 0 bridgehead atoms. The fourth-order valence-electron chi connectivity index (χ4n) is 1.06. The van der Waals surface area contributed by atoms with Crippen LogP contribution in [0.15, 0.2) is 18.2 Å². The summed E-state index contributed by atoms with van der Waals surface area (Å²) in [5.74, 6) is -0.512. The van der Waals surface area contributed by atoms with Crippen molar-refractivity contribution in [2.45, 2.75) is 6.92 Å². The second-order valence-electron chi connectivity index (χ2n) is 3.52. The average molecular weight is 228 g/mol. The minimum Gasteiger partial charge on any atom is -0.486 e. The monoisotopic (exact) mass is 228 g/mol. The summed E-state index contributed by atoms with van der Waals surface area (Å²) >= 11 is 0. The lowest BCUT2D eigenvalue weighted by atomic mass is 10.2. The zero-order chi connectivity index (χ0) is 12.1. The van der Waals surface area contributed by atoms with Gasteiger partial charge in [0.05, 0.1) is 17.6 Å². The molecule has 1 rings (SSSR count). The number of nitrogens with zero attached hydrogens (tertiary/aromatic N) is 1. The third-order valence-corrected chi connectivity index (χ3v) is 2.04. The number of nitro groups is 1. The molecule has 0 aliphatic heterocycles. The second-order valence-corrected chi connectivity index (χ2v) is 3.52. The quantitative estimate of drug-likeness (QED) is 0.614. The van der Waals surface area contributed by atoms with Crippen LogP contribution in [0.1, 0.15) is 6.92 Å². The van der Waals surface area contributed by atoms with Crippen LogP contribution in [-0.4, -0.2) is 18.1 Å². The van der Waals surface area contributed by atoms with Crippen LogP contribution in [0.2, 0.25) is 0 Å². The van der Waals surface area contributed by atoms with Crippen molar-refractivity contribution in [3.63, 3.8) is 0 Å². The Morgan fingerprint density at radius 3 is 2.88 bits per heavy atom. The number of nitrogens with two attached hydrogens (primary N) is 1. The maximum Gasteiger partial charge on any atom is 0.313 e. The second kappa shape index (κ2) is 5.41. The molecule has 1 aromatic carbocycles. The maximum atomic E-state index is 12.8. The molecule has 88 valence electrons. The average Bonchev–Trinajstić information content (AvgIpc) is 2.26. The number of hydrogen-bond acceptors (Lipinski definition) is 4. The van der Waals surface area contributed by atoms with Crippen LogP contribution in [0.25, 0.3) is 0 Å². The summed E-state index contributed by atoms with van der Waals surface area (Å²) in [4.78, 5) is 9.95. The van der Waals surface area contributed by atoms with E-state index < -0.39 is 10.7 Å². The molecule has 2 N–H and O–H groups in total. The molecule has 0 heterocycles. The number of ether oxygens (including phenoxy) is 1. The first-order chi connectivity index (χ1) is 7.54. The van der Waals surface area contributed by atoms with Crippen LogP contribution in [0.3, 0.4) is 0 Å². The Hall–Kier alpha value is -1.69. The lowest BCUT2D eigenvalue weighted by Gasteiger charge is -2.10. The van der Waals surface area contributed by atoms with E-state index in [1.54, 1.807) is 0 Å². The number of halogens is 1. The lowest BCUT2D eigenvalue weighted by molar-refractivity contribution is -0.386. The Balaban J connectivity index is 2.82. The molecule has 0 aromatic heterocycles. The Morgan fingerprint density at radius 1 is 1.62 bits per heavy atom. The minimum atomic E-state index is -0.675. The van der Waals surface area contributed by atoms with E-state index in [1.165, 1.54) is 6.07 Å². The summed E-state index contributed by atoms with van der Waals surface area (Å²) < 4.78 is 18.0. The zero-order valence-electron chi connectivity index (χ0n) is 8.85. The molecular formula is C10H13FN2O3. The van der Waals surface area contributed by atoms with Crippen LogP contribution in [0.5, 0.6) is 5.75 Å². The molecular weight excluding hydrogens is 215 g/mol. The smallest absolute Gasteiger partial charge is 0.313 e. The topological polar surface area (TPSA) is 78.4 Å². The molecule has 6 heteroatoms. The third kappa shape index (κ3) is 3.16. The van der Waals surface area contributed by atoms with Crippen molar-refractivity contribution < 1.29 is 14.1 Å². The Bertz CT molecular complexity index is 384. The normalized spacial score (nSPS) is 12.2. The van der Waals surface area contributed by atoms with Gasteiger partial charge >= 0.3 is 5.69 Å². The molecule has 0 saturated carbocycles. The van der Waals surface area contributed by atoms with Crippen LogP contribution in [-0.2, 0) is 0 Å². The van der Waals surface area contributed by atoms with Gasteiger partial charge in [0.15, 0.2) is 5.75 Å². The van der Waals surface area contributed by atoms with E-state index in [4.69, 9.17) is 10.5 Å². The van der Waals surface area contributed by atoms with Gasteiger partial charge in [-0.15, -0.1) is 0 Å². The highest BCUT2D eigenvalue weighted by molar-refractivity contribution is 5.46. The number of nitro benzene ring substituents is 1. The molecule has 1 aromatic rings. The first kappa shape index (κ1) is 12.4. The van der Waals surface area contributed by atoms with E-state index in [2.05, 4.69) is 0 Å². The summed E-state index contributed by atoms with van der Waals surface area (Å²) in [5, 5.41) is 10.6. The van der Waals surface area contributed by atoms with Crippen molar-refractivity contribution in [3.8, 4) is 5.75 Å². The van der Waals surface area contributed by atoms with Crippen LogP contribution in [0.4, 0.5) is 10.1 Å². The highest BCUT2D eigenvalue weighted by atomic mass is 19.1. The molecule has 0 fully saturated rings. The molecule has 0 spiro atoms. The van der Waals surface area contributed by atoms with Crippen LogP contribution in [0, 0.1) is 21.8 Å². The van der Waals surface area contributed by atoms with E-state index >= 15 is 0 Å². The summed E-state index contributed by atoms with van der Waals surface area (Å²) in [7, 11) is 0. The van der Waals surface area contributed by atoms with Gasteiger partial charge in [-0.2, -0.15) is 0 Å². The summed E-state index contributed by atoms with van der Waals surface area (Å²) in [6.45, 7) is 2.55. The Kier molecular flexibility index (Phi) is 4.19. The molecule has 0 radical (unpaired) electrons. The van der Waals surface area contributed by atoms with Crippen molar-refractivity contribution in [2.24, 2.45) is 11.7 Å². The van der Waals surface area contributed by atoms with Gasteiger partial charge in [-0.05, 0) is 18.7 Å². The first-order valence-electron chi connectivity index (χ1n) is 4.81. The maximum absolute atomic E-state index is 12.8. The number of rotatable bonds is 5. The van der Waals surface area contributed by atoms with Crippen molar-refractivity contribution in [1.29, 1.82) is 0 Å². The molecule has 0 saturated heterocycles. The molecule has 1 unspecified atom stereocenters. The predicted octanol–water partition coefficient (Wildman–Crippen LogP) is 1.71. The van der Waals surface area contributed by atoms with Gasteiger partial charge in [-0.1, -0.05) is 6.92 Å². The van der Waals surface area contributed by atoms with Gasteiger partial charge in [0.2, 0.25) is 0 Å². The molecule has 0 aliphatic carbocycles.